The van der Waals surface area contributed by atoms with Gasteiger partial charge in [0.25, 0.3) is 0 Å². The number of nitrogens with one attached hydrogen (secondary N) is 3. The molecular weight excluding hydrogens is 322 g/mol. The number of carbonyl (C=O) groups is 2. The number of carbonyl (C=O) groups excluding carboxylic acids is 2. The molecule has 25 heavy (non-hydrogen) atoms. The second-order valence-corrected chi connectivity index (χ2v) is 5.20. The highest BCUT2D eigenvalue weighted by atomic mass is 16.5. The van der Waals surface area contributed by atoms with Crippen LogP contribution in [-0.2, 0) is 11.2 Å². The molecule has 2 aromatic rings. The number of urea groups is 1. The lowest BCUT2D eigenvalue weighted by molar-refractivity contribution is -0.119. The van der Waals surface area contributed by atoms with Crippen LogP contribution >= 0.6 is 0 Å². The third kappa shape index (κ3) is 5.13. The smallest absolute Gasteiger partial charge is 0.323 e. The first-order valence-electron chi connectivity index (χ1n) is 7.65. The van der Waals surface area contributed by atoms with Crippen molar-refractivity contribution in [2.24, 2.45) is 0 Å². The lowest BCUT2D eigenvalue weighted by atomic mass is 10.1. The first-order valence-corrected chi connectivity index (χ1v) is 7.65. The normalized spacial score (nSPS) is 9.88. The number of ether oxygens (including phenoxy) is 2. The van der Waals surface area contributed by atoms with E-state index < -0.39 is 0 Å². The molecule has 2 aromatic carbocycles. The van der Waals surface area contributed by atoms with Crippen molar-refractivity contribution < 1.29 is 19.1 Å². The first-order chi connectivity index (χ1) is 12.0. The van der Waals surface area contributed by atoms with Gasteiger partial charge >= 0.3 is 6.03 Å². The van der Waals surface area contributed by atoms with E-state index in [-0.39, 0.29) is 11.9 Å². The summed E-state index contributed by atoms with van der Waals surface area (Å²) in [5.74, 6) is 1.05. The van der Waals surface area contributed by atoms with E-state index >= 15 is 0 Å². The molecule has 0 spiro atoms. The zero-order valence-electron chi connectivity index (χ0n) is 14.4. The van der Waals surface area contributed by atoms with Crippen molar-refractivity contribution in [2.45, 2.75) is 6.42 Å². The Hall–Kier alpha value is -3.22. The Morgan fingerprint density at radius 1 is 0.880 bits per heavy atom. The van der Waals surface area contributed by atoms with Crippen molar-refractivity contribution in [1.82, 2.24) is 5.32 Å². The van der Waals surface area contributed by atoms with Crippen molar-refractivity contribution >= 4 is 23.3 Å². The minimum atomic E-state index is -0.383. The van der Waals surface area contributed by atoms with Crippen LogP contribution in [-0.4, -0.2) is 33.2 Å². The zero-order valence-corrected chi connectivity index (χ0v) is 14.4. The summed E-state index contributed by atoms with van der Waals surface area (Å²) in [4.78, 5) is 23.4. The van der Waals surface area contributed by atoms with Crippen LogP contribution in [0.1, 0.15) is 5.56 Å². The van der Waals surface area contributed by atoms with Crippen LogP contribution in [0.15, 0.2) is 42.5 Å². The number of hydrogen-bond acceptors (Lipinski definition) is 4. The third-order valence-corrected chi connectivity index (χ3v) is 3.50. The maximum atomic E-state index is 12.1. The Labute approximate surface area is 146 Å². The molecule has 0 aromatic heterocycles. The number of rotatable bonds is 6. The second-order valence-electron chi connectivity index (χ2n) is 5.20. The maximum absolute atomic E-state index is 12.1. The molecule has 0 aliphatic heterocycles. The number of likely N-dealkylation sites (N-methyl/N-ethyl adjacent to an activating group) is 1. The van der Waals surface area contributed by atoms with Gasteiger partial charge in [-0.05, 0) is 29.8 Å². The minimum Gasteiger partial charge on any atom is -0.493 e. The fraction of sp³-hybridized carbons (Fsp3) is 0.222. The summed E-state index contributed by atoms with van der Waals surface area (Å²) >= 11 is 0. The average Bonchev–Trinajstić information content (AvgIpc) is 2.63. The van der Waals surface area contributed by atoms with Crippen molar-refractivity contribution in [3.63, 3.8) is 0 Å². The van der Waals surface area contributed by atoms with E-state index in [4.69, 9.17) is 9.47 Å². The van der Waals surface area contributed by atoms with Crippen LogP contribution in [0, 0.1) is 0 Å². The molecule has 132 valence electrons. The third-order valence-electron chi connectivity index (χ3n) is 3.50. The molecule has 0 saturated heterocycles. The molecule has 0 radical (unpaired) electrons. The Kier molecular flexibility index (Phi) is 6.22. The van der Waals surface area contributed by atoms with Gasteiger partial charge in [0.1, 0.15) is 0 Å². The summed E-state index contributed by atoms with van der Waals surface area (Å²) in [6, 6.07) is 11.8. The Balaban J connectivity index is 1.97. The molecule has 0 saturated carbocycles. The van der Waals surface area contributed by atoms with Crippen LogP contribution in [0.4, 0.5) is 16.2 Å². The van der Waals surface area contributed by atoms with Crippen LogP contribution in [0.25, 0.3) is 0 Å². The van der Waals surface area contributed by atoms with E-state index in [1.807, 2.05) is 0 Å². The summed E-state index contributed by atoms with van der Waals surface area (Å²) in [6.07, 6.45) is 0.300. The van der Waals surface area contributed by atoms with Gasteiger partial charge in [-0.3, -0.25) is 4.79 Å². The number of methoxy groups -OCH3 is 2. The monoisotopic (exact) mass is 343 g/mol. The summed E-state index contributed by atoms with van der Waals surface area (Å²) in [7, 11) is 4.67. The molecule has 3 N–H and O–H groups in total. The number of hydrogen-bond donors (Lipinski definition) is 3. The van der Waals surface area contributed by atoms with Gasteiger partial charge in [-0.2, -0.15) is 0 Å². The van der Waals surface area contributed by atoms with Gasteiger partial charge in [0, 0.05) is 24.5 Å². The molecule has 0 heterocycles. The molecule has 7 heteroatoms. The van der Waals surface area contributed by atoms with Gasteiger partial charge in [0.15, 0.2) is 11.5 Å². The predicted octanol–water partition coefficient (Wildman–Crippen LogP) is 2.64. The largest absolute Gasteiger partial charge is 0.493 e. The van der Waals surface area contributed by atoms with Gasteiger partial charge in [0.2, 0.25) is 5.91 Å². The second kappa shape index (κ2) is 8.58. The lowest BCUT2D eigenvalue weighted by Gasteiger charge is -2.11. The predicted molar refractivity (Wildman–Crippen MR) is 96.4 cm³/mol. The van der Waals surface area contributed by atoms with Crippen molar-refractivity contribution in [3.05, 3.63) is 48.0 Å². The van der Waals surface area contributed by atoms with Crippen molar-refractivity contribution in [3.8, 4) is 11.5 Å². The van der Waals surface area contributed by atoms with Crippen molar-refractivity contribution in [2.75, 3.05) is 31.9 Å². The topological polar surface area (TPSA) is 88.7 Å². The Morgan fingerprint density at radius 3 is 2.08 bits per heavy atom. The van der Waals surface area contributed by atoms with Crippen LogP contribution in [0.5, 0.6) is 11.5 Å². The highest BCUT2D eigenvalue weighted by Gasteiger charge is 2.08. The Bertz CT molecular complexity index is 744. The first kappa shape index (κ1) is 18.1. The summed E-state index contributed by atoms with van der Waals surface area (Å²) < 4.78 is 10.4. The van der Waals surface area contributed by atoms with E-state index in [0.29, 0.717) is 29.3 Å². The zero-order chi connectivity index (χ0) is 18.2. The molecule has 3 amide bonds. The highest BCUT2D eigenvalue weighted by Crippen LogP contribution is 2.29. The van der Waals surface area contributed by atoms with E-state index in [9.17, 15) is 9.59 Å². The number of benzene rings is 2. The summed E-state index contributed by atoms with van der Waals surface area (Å²) in [6.45, 7) is 0. The van der Waals surface area contributed by atoms with Gasteiger partial charge in [-0.15, -0.1) is 0 Å². The van der Waals surface area contributed by atoms with Crippen LogP contribution in [0.3, 0.4) is 0 Å². The maximum Gasteiger partial charge on any atom is 0.323 e. The van der Waals surface area contributed by atoms with Crippen LogP contribution < -0.4 is 25.4 Å². The average molecular weight is 343 g/mol. The molecule has 2 rings (SSSR count). The molecule has 0 aliphatic carbocycles. The fourth-order valence-corrected chi connectivity index (χ4v) is 2.19. The Morgan fingerprint density at radius 2 is 1.48 bits per heavy atom. The molecule has 0 fully saturated rings. The van der Waals surface area contributed by atoms with E-state index in [0.717, 1.165) is 5.56 Å². The number of amides is 3. The molecule has 7 nitrogen and oxygen atoms in total. The molecule has 0 bridgehead atoms. The van der Waals surface area contributed by atoms with Gasteiger partial charge in [-0.1, -0.05) is 12.1 Å². The van der Waals surface area contributed by atoms with E-state index in [1.165, 1.54) is 7.11 Å². The van der Waals surface area contributed by atoms with Crippen LogP contribution in [0.2, 0.25) is 0 Å². The fourth-order valence-electron chi connectivity index (χ4n) is 2.19. The number of anilines is 2. The minimum absolute atomic E-state index is 0.0631. The standard InChI is InChI=1S/C18H21N3O4/c1-19-17(22)10-12-4-6-13(7-5-12)20-18(23)21-14-8-9-15(24-2)16(11-14)25-3/h4-9,11H,10H2,1-3H3,(H,19,22)(H2,20,21,23). The van der Waals surface area contributed by atoms with E-state index in [1.54, 1.807) is 56.6 Å². The summed E-state index contributed by atoms with van der Waals surface area (Å²) in [5.41, 5.74) is 2.07. The highest BCUT2D eigenvalue weighted by molar-refractivity contribution is 6.00. The van der Waals surface area contributed by atoms with Gasteiger partial charge < -0.3 is 25.4 Å². The van der Waals surface area contributed by atoms with E-state index in [2.05, 4.69) is 16.0 Å². The quantitative estimate of drug-likeness (QED) is 0.752. The SMILES string of the molecule is CNC(=O)Cc1ccc(NC(=O)Nc2ccc(OC)c(OC)c2)cc1. The van der Waals surface area contributed by atoms with Gasteiger partial charge in [0.05, 0.1) is 20.6 Å². The lowest BCUT2D eigenvalue weighted by Crippen LogP contribution is -2.20. The molecular formula is C18H21N3O4. The van der Waals surface area contributed by atoms with Crippen molar-refractivity contribution in [1.29, 1.82) is 0 Å². The molecule has 0 aliphatic rings. The summed E-state index contributed by atoms with van der Waals surface area (Å²) in [5, 5.41) is 8.02. The van der Waals surface area contributed by atoms with Gasteiger partial charge in [-0.25, -0.2) is 4.79 Å². The molecule has 0 unspecified atom stereocenters. The molecule has 0 atom stereocenters.